The first-order valence-electron chi connectivity index (χ1n) is 11.0. The highest BCUT2D eigenvalue weighted by Crippen LogP contribution is 2.28. The summed E-state index contributed by atoms with van der Waals surface area (Å²) in [7, 11) is 0. The molecule has 1 aromatic carbocycles. The number of anilines is 1. The minimum Gasteiger partial charge on any atom is -0.372 e. The van der Waals surface area contributed by atoms with Crippen molar-refractivity contribution in [1.29, 1.82) is 0 Å². The number of piperazine rings is 1. The maximum Gasteiger partial charge on any atom is 0.222 e. The summed E-state index contributed by atoms with van der Waals surface area (Å²) < 4.78 is 0. The second-order valence-electron chi connectivity index (χ2n) is 8.74. The number of hydrogen-bond donors (Lipinski definition) is 0. The molecule has 2 heterocycles. The average Bonchev–Trinajstić information content (AvgIpc) is 2.68. The van der Waals surface area contributed by atoms with E-state index in [1.54, 1.807) is 6.92 Å². The number of piperidine rings is 1. The molecule has 5 heteroatoms. The summed E-state index contributed by atoms with van der Waals surface area (Å²) in [4.78, 5) is 31.2. The number of ketones is 1. The van der Waals surface area contributed by atoms with E-state index in [0.29, 0.717) is 18.2 Å². The van der Waals surface area contributed by atoms with Crippen LogP contribution in [0.5, 0.6) is 0 Å². The molecule has 5 nitrogen and oxygen atoms in total. The number of Topliss-reactive ketones (excluding diaryl/α,β-unsaturated/α-hetero) is 1. The third-order valence-corrected chi connectivity index (χ3v) is 6.97. The molecule has 0 aromatic heterocycles. The van der Waals surface area contributed by atoms with Gasteiger partial charge in [0, 0.05) is 63.0 Å². The van der Waals surface area contributed by atoms with E-state index in [-0.39, 0.29) is 5.78 Å². The lowest BCUT2D eigenvalue weighted by molar-refractivity contribution is -0.134. The van der Waals surface area contributed by atoms with E-state index >= 15 is 0 Å². The Morgan fingerprint density at radius 1 is 0.893 bits per heavy atom. The Bertz CT molecular complexity index is 682. The van der Waals surface area contributed by atoms with Crippen molar-refractivity contribution >= 4 is 17.4 Å². The summed E-state index contributed by atoms with van der Waals surface area (Å²) in [6.07, 6.45) is 6.93. The number of nitrogens with zero attached hydrogens (tertiary/aromatic N) is 3. The monoisotopic (exact) mass is 383 g/mol. The lowest BCUT2D eigenvalue weighted by Crippen LogP contribution is -2.53. The van der Waals surface area contributed by atoms with Crippen molar-refractivity contribution in [2.75, 3.05) is 44.2 Å². The van der Waals surface area contributed by atoms with Crippen molar-refractivity contribution in [2.45, 2.75) is 51.5 Å². The normalized spacial score (nSPS) is 22.2. The highest BCUT2D eigenvalue weighted by Gasteiger charge is 2.30. The van der Waals surface area contributed by atoms with E-state index in [4.69, 9.17) is 0 Å². The summed E-state index contributed by atoms with van der Waals surface area (Å²) >= 11 is 0. The van der Waals surface area contributed by atoms with Crippen LogP contribution in [0.2, 0.25) is 0 Å². The fourth-order valence-electron chi connectivity index (χ4n) is 4.77. The second-order valence-corrected chi connectivity index (χ2v) is 8.74. The van der Waals surface area contributed by atoms with E-state index < -0.39 is 0 Å². The van der Waals surface area contributed by atoms with Gasteiger partial charge < -0.3 is 9.80 Å². The molecule has 2 aliphatic heterocycles. The third-order valence-electron chi connectivity index (χ3n) is 6.97. The Hall–Kier alpha value is -1.88. The Morgan fingerprint density at radius 3 is 2.07 bits per heavy atom. The number of rotatable bonds is 5. The molecule has 3 aliphatic rings. The van der Waals surface area contributed by atoms with Crippen LogP contribution >= 0.6 is 0 Å². The van der Waals surface area contributed by atoms with Gasteiger partial charge in [0.05, 0.1) is 0 Å². The molecule has 152 valence electrons. The van der Waals surface area contributed by atoms with Gasteiger partial charge >= 0.3 is 0 Å². The first kappa shape index (κ1) is 19.4. The van der Waals surface area contributed by atoms with Crippen LogP contribution in [0.15, 0.2) is 24.3 Å². The van der Waals surface area contributed by atoms with Gasteiger partial charge in [0.15, 0.2) is 5.78 Å². The summed E-state index contributed by atoms with van der Waals surface area (Å²) in [5.74, 6) is 0.972. The molecule has 3 fully saturated rings. The van der Waals surface area contributed by atoms with Crippen LogP contribution in [0, 0.1) is 5.92 Å². The first-order chi connectivity index (χ1) is 13.6. The largest absolute Gasteiger partial charge is 0.372 e. The van der Waals surface area contributed by atoms with Crippen molar-refractivity contribution in [3.8, 4) is 0 Å². The fraction of sp³-hybridized carbons (Fsp3) is 0.652. The molecule has 0 atom stereocenters. The van der Waals surface area contributed by atoms with Gasteiger partial charge in [-0.25, -0.2) is 0 Å². The SMILES string of the molecule is CC(=O)c1ccc(N2CCC(CC(=O)N3CCN(C4CCC4)CC3)CC2)cc1. The maximum absolute atomic E-state index is 12.7. The number of amides is 1. The molecule has 4 rings (SSSR count). The minimum absolute atomic E-state index is 0.109. The Labute approximate surface area is 168 Å². The highest BCUT2D eigenvalue weighted by molar-refractivity contribution is 5.94. The quantitative estimate of drug-likeness (QED) is 0.733. The number of hydrogen-bond acceptors (Lipinski definition) is 4. The van der Waals surface area contributed by atoms with Crippen molar-refractivity contribution < 1.29 is 9.59 Å². The van der Waals surface area contributed by atoms with Gasteiger partial charge in [0.25, 0.3) is 0 Å². The maximum atomic E-state index is 12.7. The molecule has 1 saturated carbocycles. The zero-order chi connectivity index (χ0) is 19.5. The van der Waals surface area contributed by atoms with Gasteiger partial charge in [0.2, 0.25) is 5.91 Å². The molecule has 1 aromatic rings. The Kier molecular flexibility index (Phi) is 6.00. The van der Waals surface area contributed by atoms with Gasteiger partial charge in [-0.15, -0.1) is 0 Å². The van der Waals surface area contributed by atoms with Gasteiger partial charge in [-0.05, 0) is 62.8 Å². The summed E-state index contributed by atoms with van der Waals surface area (Å²) in [6, 6.07) is 8.71. The predicted molar refractivity (Wildman–Crippen MR) is 112 cm³/mol. The van der Waals surface area contributed by atoms with Crippen LogP contribution in [-0.2, 0) is 4.79 Å². The fourth-order valence-corrected chi connectivity index (χ4v) is 4.77. The molecular formula is C23H33N3O2. The molecule has 0 N–H and O–H groups in total. The van der Waals surface area contributed by atoms with Gasteiger partial charge in [-0.1, -0.05) is 6.42 Å². The highest BCUT2D eigenvalue weighted by atomic mass is 16.2. The van der Waals surface area contributed by atoms with E-state index in [9.17, 15) is 9.59 Å². The predicted octanol–water partition coefficient (Wildman–Crippen LogP) is 3.19. The Morgan fingerprint density at radius 2 is 1.54 bits per heavy atom. The minimum atomic E-state index is 0.109. The first-order valence-corrected chi connectivity index (χ1v) is 11.0. The molecule has 2 saturated heterocycles. The van der Waals surface area contributed by atoms with Crippen LogP contribution in [0.4, 0.5) is 5.69 Å². The summed E-state index contributed by atoms with van der Waals surface area (Å²) in [5.41, 5.74) is 1.95. The molecule has 1 aliphatic carbocycles. The van der Waals surface area contributed by atoms with Gasteiger partial charge in [0.1, 0.15) is 0 Å². The van der Waals surface area contributed by atoms with Gasteiger partial charge in [-0.2, -0.15) is 0 Å². The smallest absolute Gasteiger partial charge is 0.222 e. The zero-order valence-corrected chi connectivity index (χ0v) is 17.1. The van der Waals surface area contributed by atoms with Crippen molar-refractivity contribution in [3.05, 3.63) is 29.8 Å². The molecule has 0 unspecified atom stereocenters. The second kappa shape index (κ2) is 8.64. The van der Waals surface area contributed by atoms with Crippen LogP contribution < -0.4 is 4.90 Å². The van der Waals surface area contributed by atoms with Crippen molar-refractivity contribution in [2.24, 2.45) is 5.92 Å². The zero-order valence-electron chi connectivity index (χ0n) is 17.1. The van der Waals surface area contributed by atoms with Crippen LogP contribution in [-0.4, -0.2) is 66.8 Å². The number of carbonyl (C=O) groups is 2. The summed E-state index contributed by atoms with van der Waals surface area (Å²) in [6.45, 7) is 7.54. The molecule has 0 radical (unpaired) electrons. The topological polar surface area (TPSA) is 43.9 Å². The van der Waals surface area contributed by atoms with Crippen molar-refractivity contribution in [3.63, 3.8) is 0 Å². The lowest BCUT2D eigenvalue weighted by Gasteiger charge is -2.43. The van der Waals surface area contributed by atoms with Crippen LogP contribution in [0.1, 0.15) is 55.8 Å². The van der Waals surface area contributed by atoms with Crippen molar-refractivity contribution in [1.82, 2.24) is 9.80 Å². The van der Waals surface area contributed by atoms with E-state index in [1.165, 1.54) is 24.9 Å². The van der Waals surface area contributed by atoms with E-state index in [1.807, 2.05) is 24.3 Å². The molecule has 0 bridgehead atoms. The third kappa shape index (κ3) is 4.40. The number of benzene rings is 1. The standard InChI is InChI=1S/C23H33N3O2/c1-18(27)20-5-7-22(8-6-20)24-11-9-19(10-12-24)17-23(28)26-15-13-25(14-16-26)21-3-2-4-21/h5-8,19,21H,2-4,9-17H2,1H3. The van der Waals surface area contributed by atoms with E-state index in [0.717, 1.165) is 63.7 Å². The Balaban J connectivity index is 1.21. The van der Waals surface area contributed by atoms with E-state index in [2.05, 4.69) is 14.7 Å². The lowest BCUT2D eigenvalue weighted by atomic mass is 9.90. The molecule has 0 spiro atoms. The molecular weight excluding hydrogens is 350 g/mol. The molecule has 28 heavy (non-hydrogen) atoms. The average molecular weight is 384 g/mol. The van der Waals surface area contributed by atoms with Crippen LogP contribution in [0.25, 0.3) is 0 Å². The molecule has 1 amide bonds. The summed E-state index contributed by atoms with van der Waals surface area (Å²) in [5, 5.41) is 0. The van der Waals surface area contributed by atoms with Crippen LogP contribution in [0.3, 0.4) is 0 Å². The van der Waals surface area contributed by atoms with Gasteiger partial charge in [-0.3, -0.25) is 14.5 Å². The number of carbonyl (C=O) groups excluding carboxylic acids is 2.